The molecule has 8 heteroatoms. The summed E-state index contributed by atoms with van der Waals surface area (Å²) in [5.41, 5.74) is 1.49. The van der Waals surface area contributed by atoms with Gasteiger partial charge in [0.2, 0.25) is 0 Å². The van der Waals surface area contributed by atoms with Crippen molar-refractivity contribution in [2.45, 2.75) is 68.5 Å². The molecule has 158 valence electrons. The van der Waals surface area contributed by atoms with E-state index in [0.717, 1.165) is 10.6 Å². The Morgan fingerprint density at radius 1 is 1.10 bits per heavy atom. The van der Waals surface area contributed by atoms with Crippen LogP contribution >= 0.6 is 22.9 Å². The van der Waals surface area contributed by atoms with Crippen LogP contribution in [0, 0.1) is 0 Å². The average molecular weight is 440 g/mol. The minimum absolute atomic E-state index is 0.453. The number of aliphatic hydroxyl groups is 4. The first-order valence-corrected chi connectivity index (χ1v) is 11.2. The van der Waals surface area contributed by atoms with Gasteiger partial charge in [0.1, 0.15) is 30.5 Å². The van der Waals surface area contributed by atoms with Crippen molar-refractivity contribution in [1.29, 1.82) is 0 Å². The Morgan fingerprint density at radius 2 is 1.86 bits per heavy atom. The normalized spacial score (nSPS) is 30.7. The van der Waals surface area contributed by atoms with Gasteiger partial charge < -0.3 is 25.2 Å². The summed E-state index contributed by atoms with van der Waals surface area (Å²) in [4.78, 5) is 5.91. The highest BCUT2D eigenvalue weighted by Crippen LogP contribution is 2.38. The molecule has 1 aromatic heterocycles. The van der Waals surface area contributed by atoms with Gasteiger partial charge >= 0.3 is 0 Å². The van der Waals surface area contributed by atoms with Crippen molar-refractivity contribution < 1.29 is 25.2 Å². The van der Waals surface area contributed by atoms with Gasteiger partial charge in [0.05, 0.1) is 11.6 Å². The Morgan fingerprint density at radius 3 is 2.59 bits per heavy atom. The second-order valence-corrected chi connectivity index (χ2v) is 9.47. The summed E-state index contributed by atoms with van der Waals surface area (Å²) < 4.78 is 5.67. The second kappa shape index (κ2) is 8.98. The van der Waals surface area contributed by atoms with Gasteiger partial charge in [0, 0.05) is 22.5 Å². The molecule has 6 nitrogen and oxygen atoms in total. The molecule has 4 N–H and O–H groups in total. The van der Waals surface area contributed by atoms with Gasteiger partial charge in [0.25, 0.3) is 0 Å². The van der Waals surface area contributed by atoms with Gasteiger partial charge in [-0.2, -0.15) is 0 Å². The van der Waals surface area contributed by atoms with Gasteiger partial charge in [0.15, 0.2) is 0 Å². The van der Waals surface area contributed by atoms with Crippen LogP contribution in [-0.2, 0) is 11.2 Å². The number of nitrogens with zero attached hydrogens (tertiary/aromatic N) is 1. The van der Waals surface area contributed by atoms with Crippen molar-refractivity contribution in [2.24, 2.45) is 0 Å². The van der Waals surface area contributed by atoms with Crippen LogP contribution in [0.4, 0.5) is 0 Å². The molecule has 0 spiro atoms. The van der Waals surface area contributed by atoms with Crippen LogP contribution in [-0.4, -0.2) is 56.4 Å². The van der Waals surface area contributed by atoms with Gasteiger partial charge in [-0.15, -0.1) is 11.3 Å². The largest absolute Gasteiger partial charge is 0.394 e. The molecule has 1 aromatic carbocycles. The van der Waals surface area contributed by atoms with E-state index < -0.39 is 37.1 Å². The van der Waals surface area contributed by atoms with Crippen LogP contribution in [0.3, 0.4) is 0 Å². The highest BCUT2D eigenvalue weighted by molar-refractivity contribution is 7.11. The molecule has 5 atom stereocenters. The lowest BCUT2D eigenvalue weighted by atomic mass is 9.90. The molecule has 2 aliphatic rings. The number of hydrogen-bond acceptors (Lipinski definition) is 7. The smallest absolute Gasteiger partial charge is 0.113 e. The van der Waals surface area contributed by atoms with E-state index in [1.54, 1.807) is 23.5 Å². The third kappa shape index (κ3) is 4.37. The molecule has 2 heterocycles. The molecular formula is C21H26ClNO5S. The molecular weight excluding hydrogens is 414 g/mol. The van der Waals surface area contributed by atoms with Crippen molar-refractivity contribution in [3.63, 3.8) is 0 Å². The fourth-order valence-corrected chi connectivity index (χ4v) is 5.55. The Labute approximate surface area is 178 Å². The standard InChI is InChI=1S/C21H26ClNO5S/c22-14-6-5-12(21-20(27)19(26)18(25)15(10-24)28-21)7-13(14)8-17-23-9-16(29-17)11-3-1-2-4-11/h5-7,9,11,15,18-21,24-27H,1-4,8,10H2/t15-,18-,19+,20-,21+/m1/s1. The molecule has 29 heavy (non-hydrogen) atoms. The zero-order valence-corrected chi connectivity index (χ0v) is 17.5. The van der Waals surface area contributed by atoms with Crippen molar-refractivity contribution >= 4 is 22.9 Å². The van der Waals surface area contributed by atoms with Crippen molar-refractivity contribution in [2.75, 3.05) is 6.61 Å². The quantitative estimate of drug-likeness (QED) is 0.571. The van der Waals surface area contributed by atoms with Crippen LogP contribution in [0.5, 0.6) is 0 Å². The number of rotatable bonds is 5. The second-order valence-electron chi connectivity index (χ2n) is 7.91. The number of aliphatic hydroxyl groups excluding tert-OH is 4. The van der Waals surface area contributed by atoms with Gasteiger partial charge in [-0.25, -0.2) is 4.98 Å². The molecule has 1 aliphatic heterocycles. The zero-order valence-electron chi connectivity index (χ0n) is 15.9. The molecule has 0 unspecified atom stereocenters. The number of halogens is 1. The van der Waals surface area contributed by atoms with Crippen LogP contribution in [0.2, 0.25) is 5.02 Å². The lowest BCUT2D eigenvalue weighted by molar-refractivity contribution is -0.231. The summed E-state index contributed by atoms with van der Waals surface area (Å²) in [6.45, 7) is -0.453. The first-order chi connectivity index (χ1) is 14.0. The summed E-state index contributed by atoms with van der Waals surface area (Å²) in [6, 6.07) is 5.30. The first kappa shape index (κ1) is 21.2. The Bertz CT molecular complexity index is 838. The number of ether oxygens (including phenoxy) is 1. The minimum Gasteiger partial charge on any atom is -0.394 e. The van der Waals surface area contributed by atoms with E-state index in [9.17, 15) is 20.4 Å². The molecule has 4 rings (SSSR count). The van der Waals surface area contributed by atoms with Crippen molar-refractivity contribution in [3.8, 4) is 0 Å². The molecule has 0 bridgehead atoms. The fourth-order valence-electron chi connectivity index (χ4n) is 4.25. The van der Waals surface area contributed by atoms with Crippen LogP contribution < -0.4 is 0 Å². The molecule has 1 saturated heterocycles. The van der Waals surface area contributed by atoms with Crippen molar-refractivity contribution in [1.82, 2.24) is 4.98 Å². The molecule has 1 aliphatic carbocycles. The lowest BCUT2D eigenvalue weighted by Crippen LogP contribution is -2.55. The maximum Gasteiger partial charge on any atom is 0.113 e. The van der Waals surface area contributed by atoms with Gasteiger partial charge in [-0.1, -0.05) is 36.6 Å². The third-order valence-electron chi connectivity index (χ3n) is 5.96. The minimum atomic E-state index is -1.40. The van der Waals surface area contributed by atoms with Crippen LogP contribution in [0.15, 0.2) is 24.4 Å². The van der Waals surface area contributed by atoms with Crippen LogP contribution in [0.25, 0.3) is 0 Å². The first-order valence-electron chi connectivity index (χ1n) is 10.0. The molecule has 0 radical (unpaired) electrons. The van der Waals surface area contributed by atoms with E-state index in [-0.39, 0.29) is 0 Å². The molecule has 2 fully saturated rings. The van der Waals surface area contributed by atoms with E-state index in [1.165, 1.54) is 30.6 Å². The number of hydrogen-bond donors (Lipinski definition) is 4. The third-order valence-corrected chi connectivity index (χ3v) is 7.49. The lowest BCUT2D eigenvalue weighted by Gasteiger charge is -2.40. The number of aromatic nitrogens is 1. The number of thiazole rings is 1. The average Bonchev–Trinajstić information content (AvgIpc) is 3.40. The Kier molecular flexibility index (Phi) is 6.56. The van der Waals surface area contributed by atoms with E-state index in [0.29, 0.717) is 22.9 Å². The van der Waals surface area contributed by atoms with Gasteiger partial charge in [-0.3, -0.25) is 0 Å². The monoisotopic (exact) mass is 439 g/mol. The van der Waals surface area contributed by atoms with E-state index in [1.807, 2.05) is 12.3 Å². The highest BCUT2D eigenvalue weighted by Gasteiger charge is 2.44. The van der Waals surface area contributed by atoms with Crippen molar-refractivity contribution in [3.05, 3.63) is 50.4 Å². The number of benzene rings is 1. The summed E-state index contributed by atoms with van der Waals surface area (Å²) in [5, 5.41) is 41.4. The summed E-state index contributed by atoms with van der Waals surface area (Å²) in [6.07, 6.45) is 1.68. The predicted octanol–water partition coefficient (Wildman–Crippen LogP) is 2.56. The Balaban J connectivity index is 1.54. The molecule has 0 amide bonds. The van der Waals surface area contributed by atoms with E-state index in [4.69, 9.17) is 16.3 Å². The Hall–Kier alpha value is -1.06. The van der Waals surface area contributed by atoms with E-state index in [2.05, 4.69) is 4.98 Å². The summed E-state index contributed by atoms with van der Waals surface area (Å²) in [5.74, 6) is 0.622. The molecule has 2 aromatic rings. The SMILES string of the molecule is OC[C@H]1O[C@@H](c2ccc(Cl)c(Cc3ncc(C4CCCC4)s3)c2)[C@H](O)[C@@H](O)[C@@H]1O. The zero-order chi connectivity index (χ0) is 20.5. The fraction of sp³-hybridized carbons (Fsp3) is 0.571. The maximum absolute atomic E-state index is 10.4. The van der Waals surface area contributed by atoms with Gasteiger partial charge in [-0.05, 0) is 36.0 Å². The molecule has 1 saturated carbocycles. The predicted molar refractivity (Wildman–Crippen MR) is 110 cm³/mol. The summed E-state index contributed by atoms with van der Waals surface area (Å²) in [7, 11) is 0. The van der Waals surface area contributed by atoms with E-state index >= 15 is 0 Å². The highest BCUT2D eigenvalue weighted by atomic mass is 35.5. The summed E-state index contributed by atoms with van der Waals surface area (Å²) >= 11 is 8.13. The van der Waals surface area contributed by atoms with Crippen LogP contribution in [0.1, 0.15) is 58.7 Å². The topological polar surface area (TPSA) is 103 Å². The maximum atomic E-state index is 10.4.